The highest BCUT2D eigenvalue weighted by Crippen LogP contribution is 2.32. The summed E-state index contributed by atoms with van der Waals surface area (Å²) in [5, 5.41) is 3.48. The lowest BCUT2D eigenvalue weighted by Crippen LogP contribution is -2.26. The van der Waals surface area contributed by atoms with E-state index in [9.17, 15) is 0 Å². The summed E-state index contributed by atoms with van der Waals surface area (Å²) in [6, 6.07) is 14.4. The second-order valence-corrected chi connectivity index (χ2v) is 6.49. The van der Waals surface area contributed by atoms with Crippen LogP contribution in [0.5, 0.6) is 11.5 Å². The summed E-state index contributed by atoms with van der Waals surface area (Å²) in [5.41, 5.74) is 3.49. The number of rotatable bonds is 8. The predicted molar refractivity (Wildman–Crippen MR) is 99.2 cm³/mol. The molecule has 1 fully saturated rings. The molecule has 1 N–H and O–H groups in total. The molecule has 1 atom stereocenters. The summed E-state index contributed by atoms with van der Waals surface area (Å²) in [6.45, 7) is 5.11. The minimum atomic E-state index is 0.335. The maximum absolute atomic E-state index is 6.13. The summed E-state index contributed by atoms with van der Waals surface area (Å²) < 4.78 is 17.3. The van der Waals surface area contributed by atoms with Crippen LogP contribution in [0.4, 0.5) is 0 Å². The smallest absolute Gasteiger partial charge is 0.166 e. The van der Waals surface area contributed by atoms with Gasteiger partial charge in [0.15, 0.2) is 11.5 Å². The van der Waals surface area contributed by atoms with Gasteiger partial charge in [-0.3, -0.25) is 0 Å². The third-order valence-corrected chi connectivity index (χ3v) is 4.46. The van der Waals surface area contributed by atoms with Gasteiger partial charge in [-0.15, -0.1) is 0 Å². The molecule has 1 saturated heterocycles. The summed E-state index contributed by atoms with van der Waals surface area (Å²) in [4.78, 5) is 0. The van der Waals surface area contributed by atoms with Gasteiger partial charge < -0.3 is 19.5 Å². The molecule has 1 heterocycles. The second kappa shape index (κ2) is 8.88. The Morgan fingerprint density at radius 1 is 1.20 bits per heavy atom. The highest BCUT2D eigenvalue weighted by atomic mass is 16.5. The molecule has 0 radical (unpaired) electrons. The van der Waals surface area contributed by atoms with Crippen LogP contribution in [0.15, 0.2) is 42.5 Å². The molecule has 1 aliphatic heterocycles. The standard InChI is InChI=1S/C21H27NO3/c1-16-6-3-7-17(12-16)15-25-21-18(8-4-10-20(21)23-2)13-22-14-19-9-5-11-24-19/h3-4,6-8,10,12,19,22H,5,9,11,13-15H2,1-2H3/t19-/m1/s1. The summed E-state index contributed by atoms with van der Waals surface area (Å²) in [6.07, 6.45) is 2.64. The van der Waals surface area contributed by atoms with Gasteiger partial charge in [0.2, 0.25) is 0 Å². The van der Waals surface area contributed by atoms with Crippen LogP contribution in [0.1, 0.15) is 29.5 Å². The third kappa shape index (κ3) is 4.97. The molecule has 134 valence electrons. The van der Waals surface area contributed by atoms with E-state index in [0.717, 1.165) is 55.2 Å². The Morgan fingerprint density at radius 2 is 2.08 bits per heavy atom. The quantitative estimate of drug-likeness (QED) is 0.792. The van der Waals surface area contributed by atoms with Gasteiger partial charge in [0.25, 0.3) is 0 Å². The van der Waals surface area contributed by atoms with Gasteiger partial charge in [-0.25, -0.2) is 0 Å². The molecule has 0 amide bonds. The molecule has 0 aromatic heterocycles. The molecule has 0 unspecified atom stereocenters. The average molecular weight is 341 g/mol. The monoisotopic (exact) mass is 341 g/mol. The Labute approximate surface area is 150 Å². The maximum Gasteiger partial charge on any atom is 0.166 e. The molecule has 0 aliphatic carbocycles. The SMILES string of the molecule is COc1cccc(CNC[C@H]2CCCO2)c1OCc1cccc(C)c1. The first-order valence-corrected chi connectivity index (χ1v) is 8.93. The maximum atomic E-state index is 6.13. The van der Waals surface area contributed by atoms with E-state index in [1.165, 1.54) is 5.56 Å². The highest BCUT2D eigenvalue weighted by Gasteiger charge is 2.16. The molecule has 1 aliphatic rings. The fourth-order valence-corrected chi connectivity index (χ4v) is 3.16. The van der Waals surface area contributed by atoms with Crippen molar-refractivity contribution in [2.45, 2.75) is 39.0 Å². The van der Waals surface area contributed by atoms with Crippen molar-refractivity contribution in [3.05, 3.63) is 59.2 Å². The van der Waals surface area contributed by atoms with Crippen molar-refractivity contribution in [2.75, 3.05) is 20.3 Å². The van der Waals surface area contributed by atoms with Crippen molar-refractivity contribution in [1.82, 2.24) is 5.32 Å². The largest absolute Gasteiger partial charge is 0.493 e. The molecule has 3 rings (SSSR count). The molecule has 4 nitrogen and oxygen atoms in total. The zero-order chi connectivity index (χ0) is 17.5. The van der Waals surface area contributed by atoms with Gasteiger partial charge >= 0.3 is 0 Å². The summed E-state index contributed by atoms with van der Waals surface area (Å²) in [5.74, 6) is 1.58. The van der Waals surface area contributed by atoms with Crippen molar-refractivity contribution >= 4 is 0 Å². The molecule has 0 bridgehead atoms. The minimum Gasteiger partial charge on any atom is -0.493 e. The molecule has 0 spiro atoms. The average Bonchev–Trinajstić information content (AvgIpc) is 3.14. The molecule has 2 aromatic rings. The summed E-state index contributed by atoms with van der Waals surface area (Å²) in [7, 11) is 1.68. The first kappa shape index (κ1) is 17.8. The van der Waals surface area contributed by atoms with Crippen molar-refractivity contribution in [3.8, 4) is 11.5 Å². The highest BCUT2D eigenvalue weighted by molar-refractivity contribution is 5.46. The minimum absolute atomic E-state index is 0.335. The first-order chi connectivity index (χ1) is 12.3. The topological polar surface area (TPSA) is 39.7 Å². The second-order valence-electron chi connectivity index (χ2n) is 6.49. The van der Waals surface area contributed by atoms with Gasteiger partial charge in [-0.2, -0.15) is 0 Å². The summed E-state index contributed by atoms with van der Waals surface area (Å²) >= 11 is 0. The van der Waals surface area contributed by atoms with E-state index < -0.39 is 0 Å². The number of aryl methyl sites for hydroxylation is 1. The third-order valence-electron chi connectivity index (χ3n) is 4.46. The molecular weight excluding hydrogens is 314 g/mol. The lowest BCUT2D eigenvalue weighted by atomic mass is 10.1. The Hall–Kier alpha value is -2.04. The number of hydrogen-bond donors (Lipinski definition) is 1. The van der Waals surface area contributed by atoms with Gasteiger partial charge in [0, 0.05) is 25.3 Å². The molecular formula is C21H27NO3. The van der Waals surface area contributed by atoms with Crippen LogP contribution in [0.25, 0.3) is 0 Å². The molecule has 25 heavy (non-hydrogen) atoms. The predicted octanol–water partition coefficient (Wildman–Crippen LogP) is 3.85. The van der Waals surface area contributed by atoms with E-state index in [4.69, 9.17) is 14.2 Å². The Kier molecular flexibility index (Phi) is 6.31. The first-order valence-electron chi connectivity index (χ1n) is 8.93. The van der Waals surface area contributed by atoms with E-state index in [-0.39, 0.29) is 0 Å². The number of ether oxygens (including phenoxy) is 3. The molecule has 2 aromatic carbocycles. The fourth-order valence-electron chi connectivity index (χ4n) is 3.16. The van der Waals surface area contributed by atoms with Gasteiger partial charge in [-0.05, 0) is 31.4 Å². The van der Waals surface area contributed by atoms with Gasteiger partial charge in [0.1, 0.15) is 6.61 Å². The van der Waals surface area contributed by atoms with E-state index in [2.05, 4.69) is 42.6 Å². The Balaban J connectivity index is 1.65. The number of para-hydroxylation sites is 1. The fraction of sp³-hybridized carbons (Fsp3) is 0.429. The number of nitrogens with one attached hydrogen (secondary N) is 1. The zero-order valence-corrected chi connectivity index (χ0v) is 15.1. The van der Waals surface area contributed by atoms with Crippen molar-refractivity contribution in [1.29, 1.82) is 0 Å². The number of methoxy groups -OCH3 is 1. The van der Waals surface area contributed by atoms with E-state index >= 15 is 0 Å². The molecule has 4 heteroatoms. The van der Waals surface area contributed by atoms with Gasteiger partial charge in [0.05, 0.1) is 13.2 Å². The Bertz CT molecular complexity index is 681. The van der Waals surface area contributed by atoms with Crippen molar-refractivity contribution in [3.63, 3.8) is 0 Å². The van der Waals surface area contributed by atoms with Gasteiger partial charge in [-0.1, -0.05) is 42.0 Å². The van der Waals surface area contributed by atoms with Crippen LogP contribution in [0.3, 0.4) is 0 Å². The van der Waals surface area contributed by atoms with Crippen LogP contribution in [0.2, 0.25) is 0 Å². The van der Waals surface area contributed by atoms with Crippen molar-refractivity contribution < 1.29 is 14.2 Å². The van der Waals surface area contributed by atoms with E-state index in [1.54, 1.807) is 7.11 Å². The lowest BCUT2D eigenvalue weighted by Gasteiger charge is -2.17. The van der Waals surface area contributed by atoms with E-state index in [1.807, 2.05) is 12.1 Å². The van der Waals surface area contributed by atoms with Crippen LogP contribution in [-0.4, -0.2) is 26.4 Å². The number of benzene rings is 2. The van der Waals surface area contributed by atoms with Crippen LogP contribution in [0, 0.1) is 6.92 Å². The van der Waals surface area contributed by atoms with E-state index in [0.29, 0.717) is 12.7 Å². The van der Waals surface area contributed by atoms with Crippen molar-refractivity contribution in [2.24, 2.45) is 0 Å². The number of hydrogen-bond acceptors (Lipinski definition) is 4. The van der Waals surface area contributed by atoms with Crippen LogP contribution in [-0.2, 0) is 17.9 Å². The van der Waals surface area contributed by atoms with Crippen LogP contribution >= 0.6 is 0 Å². The molecule has 0 saturated carbocycles. The lowest BCUT2D eigenvalue weighted by molar-refractivity contribution is 0.110. The Morgan fingerprint density at radius 3 is 2.84 bits per heavy atom. The normalized spacial score (nSPS) is 16.8. The van der Waals surface area contributed by atoms with Crippen LogP contribution < -0.4 is 14.8 Å². The zero-order valence-electron chi connectivity index (χ0n) is 15.1.